The molecule has 0 saturated heterocycles. The summed E-state index contributed by atoms with van der Waals surface area (Å²) in [6.45, 7) is 4.17. The molecule has 0 aliphatic heterocycles. The lowest BCUT2D eigenvalue weighted by molar-refractivity contribution is 0.634. The van der Waals surface area contributed by atoms with E-state index in [1.807, 2.05) is 30.3 Å². The van der Waals surface area contributed by atoms with Crippen molar-refractivity contribution in [1.82, 2.24) is 15.0 Å². The summed E-state index contributed by atoms with van der Waals surface area (Å²) in [5.74, 6) is 3.55. The van der Waals surface area contributed by atoms with Crippen LogP contribution in [0.25, 0.3) is 11.4 Å². The molecule has 5 nitrogen and oxygen atoms in total. The van der Waals surface area contributed by atoms with Gasteiger partial charge >= 0.3 is 0 Å². The normalized spacial score (nSPS) is 19.8. The third-order valence-corrected chi connectivity index (χ3v) is 4.56. The van der Waals surface area contributed by atoms with Gasteiger partial charge in [-0.2, -0.15) is 15.0 Å². The fraction of sp³-hybridized carbons (Fsp3) is 0.400. The second kappa shape index (κ2) is 6.82. The van der Waals surface area contributed by atoms with E-state index in [1.165, 1.54) is 18.4 Å². The first-order chi connectivity index (χ1) is 12.2. The Balaban J connectivity index is 1.60. The van der Waals surface area contributed by atoms with Crippen molar-refractivity contribution in [2.45, 2.75) is 51.6 Å². The van der Waals surface area contributed by atoms with Crippen molar-refractivity contribution in [1.29, 1.82) is 0 Å². The summed E-state index contributed by atoms with van der Waals surface area (Å²) in [4.78, 5) is 13.9. The molecule has 1 aromatic carbocycles. The minimum absolute atomic E-state index is 0.269. The molecule has 0 amide bonds. The van der Waals surface area contributed by atoms with Gasteiger partial charge in [0.05, 0.1) is 0 Å². The Kier molecular flexibility index (Phi) is 4.38. The van der Waals surface area contributed by atoms with E-state index in [0.717, 1.165) is 18.4 Å². The molecular formula is C20H24N5. The quantitative estimate of drug-likeness (QED) is 0.857. The Labute approximate surface area is 149 Å². The molecule has 4 rings (SSSR count). The molecule has 129 valence electrons. The van der Waals surface area contributed by atoms with Crippen molar-refractivity contribution >= 4 is 11.9 Å². The Morgan fingerprint density at radius 2 is 1.84 bits per heavy atom. The van der Waals surface area contributed by atoms with Gasteiger partial charge in [-0.25, -0.2) is 0 Å². The van der Waals surface area contributed by atoms with Gasteiger partial charge in [-0.05, 0) is 33.1 Å². The highest BCUT2D eigenvalue weighted by Crippen LogP contribution is 2.42. The minimum atomic E-state index is 0.269. The van der Waals surface area contributed by atoms with Crippen molar-refractivity contribution in [2.75, 3.05) is 10.6 Å². The van der Waals surface area contributed by atoms with Crippen molar-refractivity contribution in [3.05, 3.63) is 47.9 Å². The molecule has 25 heavy (non-hydrogen) atoms. The molecule has 1 radical (unpaired) electrons. The van der Waals surface area contributed by atoms with Crippen LogP contribution in [0.1, 0.15) is 39.5 Å². The van der Waals surface area contributed by atoms with E-state index in [-0.39, 0.29) is 6.04 Å². The van der Waals surface area contributed by atoms with Crippen molar-refractivity contribution < 1.29 is 0 Å². The molecule has 1 unspecified atom stereocenters. The van der Waals surface area contributed by atoms with Gasteiger partial charge in [0.25, 0.3) is 0 Å². The van der Waals surface area contributed by atoms with Crippen LogP contribution < -0.4 is 10.6 Å². The molecule has 2 aromatic rings. The first-order valence-corrected chi connectivity index (χ1v) is 9.09. The lowest BCUT2D eigenvalue weighted by Crippen LogP contribution is -2.22. The number of nitrogens with zero attached hydrogens (tertiary/aromatic N) is 3. The Bertz CT molecular complexity index is 769. The van der Waals surface area contributed by atoms with Gasteiger partial charge in [-0.15, -0.1) is 0 Å². The highest BCUT2D eigenvalue weighted by Gasteiger charge is 2.31. The number of allylic oxidation sites excluding steroid dienone is 1. The average Bonchev–Trinajstić information content (AvgIpc) is 3.33. The van der Waals surface area contributed by atoms with Gasteiger partial charge in [-0.3, -0.25) is 0 Å². The topological polar surface area (TPSA) is 62.7 Å². The summed E-state index contributed by atoms with van der Waals surface area (Å²) in [6, 6.07) is 10.7. The lowest BCUT2D eigenvalue weighted by atomic mass is 10.1. The summed E-state index contributed by atoms with van der Waals surface area (Å²) in [5, 5.41) is 6.85. The van der Waals surface area contributed by atoms with Crippen LogP contribution in [0, 0.1) is 5.92 Å². The van der Waals surface area contributed by atoms with Crippen LogP contribution in [0.15, 0.2) is 42.0 Å². The molecule has 1 saturated carbocycles. The molecule has 2 N–H and O–H groups in total. The monoisotopic (exact) mass is 334 g/mol. The molecule has 0 spiro atoms. The summed E-state index contributed by atoms with van der Waals surface area (Å²) in [7, 11) is 0. The second-order valence-corrected chi connectivity index (χ2v) is 7.10. The molecule has 1 aromatic heterocycles. The highest BCUT2D eigenvalue weighted by atomic mass is 15.2. The molecule has 1 heterocycles. The second-order valence-electron chi connectivity index (χ2n) is 7.10. The maximum atomic E-state index is 4.67. The van der Waals surface area contributed by atoms with Crippen LogP contribution in [0.4, 0.5) is 11.9 Å². The smallest absolute Gasteiger partial charge is 0.228 e. The molecular weight excluding hydrogens is 310 g/mol. The van der Waals surface area contributed by atoms with Gasteiger partial charge in [-0.1, -0.05) is 48.4 Å². The number of benzene rings is 1. The van der Waals surface area contributed by atoms with E-state index >= 15 is 0 Å². The third kappa shape index (κ3) is 3.98. The average molecular weight is 334 g/mol. The molecule has 2 aliphatic carbocycles. The molecule has 1 fully saturated rings. The van der Waals surface area contributed by atoms with Gasteiger partial charge in [0.2, 0.25) is 11.9 Å². The summed E-state index contributed by atoms with van der Waals surface area (Å²) >= 11 is 0. The number of aromatic nitrogens is 3. The fourth-order valence-corrected chi connectivity index (χ4v) is 3.29. The maximum Gasteiger partial charge on any atom is 0.228 e. The number of anilines is 2. The largest absolute Gasteiger partial charge is 0.352 e. The van der Waals surface area contributed by atoms with E-state index in [1.54, 1.807) is 5.92 Å². The predicted molar refractivity (Wildman–Crippen MR) is 101 cm³/mol. The van der Waals surface area contributed by atoms with Crippen molar-refractivity contribution in [3.8, 4) is 11.4 Å². The third-order valence-electron chi connectivity index (χ3n) is 4.56. The molecule has 0 bridgehead atoms. The van der Waals surface area contributed by atoms with Crippen LogP contribution >= 0.6 is 0 Å². The van der Waals surface area contributed by atoms with Crippen molar-refractivity contribution in [3.63, 3.8) is 0 Å². The number of rotatable bonds is 5. The number of nitrogens with one attached hydrogen (secondary N) is 2. The van der Waals surface area contributed by atoms with E-state index < -0.39 is 0 Å². The standard InChI is InChI=1S/C20H24N5/c1-13(2)21-19-23-18(14-7-4-3-5-8-14)24-20(25-19)22-17-10-6-9-15-11-16(15)12-17/h3-5,7-8,11,13,17H,6,9-10,12H2,1-2H3,(H2,21,22,23,24,25). The van der Waals surface area contributed by atoms with Gasteiger partial charge in [0, 0.05) is 23.6 Å². The SMILES string of the molecule is CC(C)Nc1nc(NC2CCC[C]3C=C3C2)nc(-c2ccccc2)n1. The van der Waals surface area contributed by atoms with Gasteiger partial charge in [0.1, 0.15) is 0 Å². The van der Waals surface area contributed by atoms with Crippen LogP contribution in [0.2, 0.25) is 0 Å². The maximum absolute atomic E-state index is 4.67. The molecule has 2 aliphatic rings. The van der Waals surface area contributed by atoms with E-state index in [9.17, 15) is 0 Å². The zero-order chi connectivity index (χ0) is 17.2. The van der Waals surface area contributed by atoms with Crippen LogP contribution in [-0.2, 0) is 0 Å². The zero-order valence-corrected chi connectivity index (χ0v) is 14.8. The van der Waals surface area contributed by atoms with Crippen molar-refractivity contribution in [2.24, 2.45) is 0 Å². The lowest BCUT2D eigenvalue weighted by Gasteiger charge is -2.17. The van der Waals surface area contributed by atoms with E-state index in [0.29, 0.717) is 23.8 Å². The van der Waals surface area contributed by atoms with Gasteiger partial charge < -0.3 is 10.6 Å². The Morgan fingerprint density at radius 3 is 2.64 bits per heavy atom. The fourth-order valence-electron chi connectivity index (χ4n) is 3.29. The Morgan fingerprint density at radius 1 is 1.04 bits per heavy atom. The predicted octanol–water partition coefficient (Wildman–Crippen LogP) is 4.23. The molecule has 1 atom stereocenters. The van der Waals surface area contributed by atoms with Crippen LogP contribution in [0.5, 0.6) is 0 Å². The summed E-state index contributed by atoms with van der Waals surface area (Å²) < 4.78 is 0. The first kappa shape index (κ1) is 16.1. The van der Waals surface area contributed by atoms with Crippen LogP contribution in [0.3, 0.4) is 0 Å². The summed E-state index contributed by atoms with van der Waals surface area (Å²) in [5.41, 5.74) is 2.52. The first-order valence-electron chi connectivity index (χ1n) is 9.09. The van der Waals surface area contributed by atoms with E-state index in [4.69, 9.17) is 0 Å². The highest BCUT2D eigenvalue weighted by molar-refractivity contribution is 5.58. The molecule has 5 heteroatoms. The van der Waals surface area contributed by atoms with E-state index in [2.05, 4.69) is 45.5 Å². The number of hydrogen-bond acceptors (Lipinski definition) is 5. The Hall–Kier alpha value is -2.43. The van der Waals surface area contributed by atoms with Crippen LogP contribution in [-0.4, -0.2) is 27.0 Å². The number of fused-ring (bicyclic) bond motifs is 1. The van der Waals surface area contributed by atoms with Gasteiger partial charge in [0.15, 0.2) is 5.82 Å². The minimum Gasteiger partial charge on any atom is -0.352 e. The number of hydrogen-bond donors (Lipinski definition) is 2. The summed E-state index contributed by atoms with van der Waals surface area (Å²) in [6.07, 6.45) is 7.00. The zero-order valence-electron chi connectivity index (χ0n) is 14.8.